The van der Waals surface area contributed by atoms with Crippen molar-refractivity contribution in [3.05, 3.63) is 89.5 Å². The SMILES string of the molecule is CC(C)N(CC(=O)NCc1cc(F)cc(-c2ccc(C(F)(F)F)cc2)c1)S(=O)(=O)c1ccc(F)cc1. The molecule has 0 unspecified atom stereocenters. The van der Waals surface area contributed by atoms with E-state index in [1.165, 1.54) is 18.2 Å². The molecule has 3 aromatic rings. The smallest absolute Gasteiger partial charge is 0.351 e. The highest BCUT2D eigenvalue weighted by Crippen LogP contribution is 2.31. The quantitative estimate of drug-likeness (QED) is 0.402. The summed E-state index contributed by atoms with van der Waals surface area (Å²) < 4.78 is 92.6. The van der Waals surface area contributed by atoms with Crippen LogP contribution in [0.15, 0.2) is 71.6 Å². The fraction of sp³-hybridized carbons (Fsp3) is 0.240. The van der Waals surface area contributed by atoms with Gasteiger partial charge in [-0.3, -0.25) is 4.79 Å². The monoisotopic (exact) mass is 526 g/mol. The minimum absolute atomic E-state index is 0.146. The molecule has 1 N–H and O–H groups in total. The third-order valence-electron chi connectivity index (χ3n) is 5.29. The Balaban J connectivity index is 1.72. The first-order valence-corrected chi connectivity index (χ1v) is 12.2. The average Bonchev–Trinajstić information content (AvgIpc) is 2.80. The van der Waals surface area contributed by atoms with E-state index in [9.17, 15) is 35.2 Å². The van der Waals surface area contributed by atoms with Crippen molar-refractivity contribution in [2.45, 2.75) is 37.5 Å². The van der Waals surface area contributed by atoms with E-state index in [1.54, 1.807) is 13.8 Å². The van der Waals surface area contributed by atoms with Crippen molar-refractivity contribution >= 4 is 15.9 Å². The summed E-state index contributed by atoms with van der Waals surface area (Å²) >= 11 is 0. The first-order valence-electron chi connectivity index (χ1n) is 10.8. The molecular formula is C25H23F5N2O3S. The highest BCUT2D eigenvalue weighted by Gasteiger charge is 2.30. The third kappa shape index (κ3) is 6.67. The van der Waals surface area contributed by atoms with Gasteiger partial charge in [0.1, 0.15) is 11.6 Å². The average molecular weight is 527 g/mol. The standard InChI is InChI=1S/C25H23F5N2O3S/c1-16(2)32(36(34,35)23-9-7-21(26)8-10-23)15-24(33)31-14-17-11-19(13-22(27)12-17)18-3-5-20(6-4-18)25(28,29)30/h3-13,16H,14-15H2,1-2H3,(H,31,33). The summed E-state index contributed by atoms with van der Waals surface area (Å²) in [4.78, 5) is 12.4. The molecule has 0 radical (unpaired) electrons. The van der Waals surface area contributed by atoms with Crippen molar-refractivity contribution < 1.29 is 35.2 Å². The van der Waals surface area contributed by atoms with Crippen LogP contribution >= 0.6 is 0 Å². The Hall–Kier alpha value is -3.31. The number of carbonyl (C=O) groups is 1. The van der Waals surface area contributed by atoms with Crippen LogP contribution < -0.4 is 5.32 Å². The van der Waals surface area contributed by atoms with E-state index in [0.717, 1.165) is 52.8 Å². The van der Waals surface area contributed by atoms with Crippen LogP contribution in [0, 0.1) is 11.6 Å². The minimum Gasteiger partial charge on any atom is -0.351 e. The molecule has 0 saturated heterocycles. The number of alkyl halides is 3. The van der Waals surface area contributed by atoms with E-state index in [4.69, 9.17) is 0 Å². The van der Waals surface area contributed by atoms with E-state index in [1.807, 2.05) is 0 Å². The number of hydrogen-bond acceptors (Lipinski definition) is 3. The number of halogens is 5. The summed E-state index contributed by atoms with van der Waals surface area (Å²) in [7, 11) is -4.09. The molecule has 1 amide bonds. The zero-order chi connectivity index (χ0) is 26.7. The van der Waals surface area contributed by atoms with E-state index < -0.39 is 51.9 Å². The maximum Gasteiger partial charge on any atom is 0.416 e. The molecular weight excluding hydrogens is 503 g/mol. The minimum atomic E-state index is -4.50. The van der Waals surface area contributed by atoms with Crippen molar-refractivity contribution in [2.75, 3.05) is 6.54 Å². The van der Waals surface area contributed by atoms with Crippen LogP contribution in [-0.4, -0.2) is 31.2 Å². The molecule has 0 fully saturated rings. The van der Waals surface area contributed by atoms with E-state index in [0.29, 0.717) is 16.7 Å². The fourth-order valence-electron chi connectivity index (χ4n) is 3.46. The topological polar surface area (TPSA) is 66.5 Å². The molecule has 0 aliphatic rings. The first-order chi connectivity index (χ1) is 16.8. The summed E-state index contributed by atoms with van der Waals surface area (Å²) in [5, 5.41) is 2.53. The second-order valence-corrected chi connectivity index (χ2v) is 10.2. The van der Waals surface area contributed by atoms with Gasteiger partial charge in [-0.2, -0.15) is 17.5 Å². The Morgan fingerprint density at radius 2 is 1.50 bits per heavy atom. The summed E-state index contributed by atoms with van der Waals surface area (Å²) in [6, 6.07) is 11.7. The maximum atomic E-state index is 14.2. The number of amides is 1. The lowest BCUT2D eigenvalue weighted by Gasteiger charge is -2.25. The van der Waals surface area contributed by atoms with Gasteiger partial charge in [-0.1, -0.05) is 12.1 Å². The van der Waals surface area contributed by atoms with Gasteiger partial charge in [0.15, 0.2) is 0 Å². The third-order valence-corrected chi connectivity index (χ3v) is 7.32. The largest absolute Gasteiger partial charge is 0.416 e. The van der Waals surface area contributed by atoms with Crippen molar-refractivity contribution in [1.82, 2.24) is 9.62 Å². The van der Waals surface area contributed by atoms with Gasteiger partial charge in [-0.15, -0.1) is 0 Å². The van der Waals surface area contributed by atoms with Crippen LogP contribution in [0.1, 0.15) is 25.0 Å². The van der Waals surface area contributed by atoms with Crippen LogP contribution in [0.5, 0.6) is 0 Å². The van der Waals surface area contributed by atoms with Crippen molar-refractivity contribution in [1.29, 1.82) is 0 Å². The number of hydrogen-bond donors (Lipinski definition) is 1. The molecule has 3 aromatic carbocycles. The Bertz CT molecular complexity index is 1320. The molecule has 36 heavy (non-hydrogen) atoms. The lowest BCUT2D eigenvalue weighted by Crippen LogP contribution is -2.44. The molecule has 0 aromatic heterocycles. The van der Waals surface area contributed by atoms with Gasteiger partial charge < -0.3 is 5.32 Å². The number of carbonyl (C=O) groups excluding carboxylic acids is 1. The fourth-order valence-corrected chi connectivity index (χ4v) is 5.05. The Labute approximate surface area is 205 Å². The summed E-state index contributed by atoms with van der Waals surface area (Å²) in [5.41, 5.74) is 0.165. The van der Waals surface area contributed by atoms with Crippen molar-refractivity contribution in [2.24, 2.45) is 0 Å². The highest BCUT2D eigenvalue weighted by atomic mass is 32.2. The number of benzene rings is 3. The van der Waals surface area contributed by atoms with Gasteiger partial charge in [0.2, 0.25) is 15.9 Å². The summed E-state index contributed by atoms with van der Waals surface area (Å²) in [6.07, 6.45) is -4.50. The van der Waals surface area contributed by atoms with E-state index >= 15 is 0 Å². The predicted molar refractivity (Wildman–Crippen MR) is 124 cm³/mol. The lowest BCUT2D eigenvalue weighted by molar-refractivity contribution is -0.137. The van der Waals surface area contributed by atoms with Gasteiger partial charge in [0.25, 0.3) is 0 Å². The zero-order valence-corrected chi connectivity index (χ0v) is 20.1. The van der Waals surface area contributed by atoms with E-state index in [2.05, 4.69) is 5.32 Å². The Morgan fingerprint density at radius 1 is 0.889 bits per heavy atom. The van der Waals surface area contributed by atoms with Crippen LogP contribution in [0.3, 0.4) is 0 Å². The number of nitrogens with one attached hydrogen (secondary N) is 1. The van der Waals surface area contributed by atoms with Gasteiger partial charge in [-0.25, -0.2) is 17.2 Å². The number of rotatable bonds is 8. The van der Waals surface area contributed by atoms with Gasteiger partial charge in [0.05, 0.1) is 17.0 Å². The molecule has 11 heteroatoms. The predicted octanol–water partition coefficient (Wildman–Crippen LogP) is 5.37. The molecule has 0 saturated carbocycles. The first kappa shape index (κ1) is 27.3. The molecule has 0 heterocycles. The molecule has 0 aliphatic carbocycles. The lowest BCUT2D eigenvalue weighted by atomic mass is 10.0. The Kier molecular flexibility index (Phi) is 8.15. The molecule has 0 spiro atoms. The van der Waals surface area contributed by atoms with Crippen LogP contribution in [0.4, 0.5) is 22.0 Å². The normalized spacial score (nSPS) is 12.2. The highest BCUT2D eigenvalue weighted by molar-refractivity contribution is 7.89. The Morgan fingerprint density at radius 3 is 2.06 bits per heavy atom. The zero-order valence-electron chi connectivity index (χ0n) is 19.3. The molecule has 0 aliphatic heterocycles. The number of sulfonamides is 1. The van der Waals surface area contributed by atoms with Crippen LogP contribution in [-0.2, 0) is 27.5 Å². The molecule has 3 rings (SSSR count). The second-order valence-electron chi connectivity index (χ2n) is 8.30. The van der Waals surface area contributed by atoms with Gasteiger partial charge in [-0.05, 0) is 85.1 Å². The summed E-state index contributed by atoms with van der Waals surface area (Å²) in [5.74, 6) is -1.91. The van der Waals surface area contributed by atoms with Crippen molar-refractivity contribution in [3.8, 4) is 11.1 Å². The van der Waals surface area contributed by atoms with Crippen molar-refractivity contribution in [3.63, 3.8) is 0 Å². The molecule has 192 valence electrons. The van der Waals surface area contributed by atoms with Gasteiger partial charge in [0, 0.05) is 12.6 Å². The number of nitrogens with zero attached hydrogens (tertiary/aromatic N) is 1. The summed E-state index contributed by atoms with van der Waals surface area (Å²) in [6.45, 7) is 2.49. The molecule has 5 nitrogen and oxygen atoms in total. The second kappa shape index (κ2) is 10.8. The molecule has 0 atom stereocenters. The van der Waals surface area contributed by atoms with E-state index in [-0.39, 0.29) is 11.4 Å². The van der Waals surface area contributed by atoms with Gasteiger partial charge >= 0.3 is 6.18 Å². The maximum absolute atomic E-state index is 14.2. The van der Waals surface area contributed by atoms with Crippen LogP contribution in [0.25, 0.3) is 11.1 Å². The molecule has 0 bridgehead atoms. The van der Waals surface area contributed by atoms with Crippen LogP contribution in [0.2, 0.25) is 0 Å².